The van der Waals surface area contributed by atoms with Crippen molar-refractivity contribution >= 4 is 21.6 Å². The number of amides is 1. The molecule has 2 aromatic rings. The molecule has 6 nitrogen and oxygen atoms in total. The van der Waals surface area contributed by atoms with Crippen molar-refractivity contribution in [2.24, 2.45) is 0 Å². The Balaban J connectivity index is 2.10. The third-order valence-corrected chi connectivity index (χ3v) is 4.08. The van der Waals surface area contributed by atoms with E-state index in [4.69, 9.17) is 4.74 Å². The Morgan fingerprint density at radius 2 is 1.79 bits per heavy atom. The third kappa shape index (κ3) is 4.73. The summed E-state index contributed by atoms with van der Waals surface area (Å²) >= 11 is 0. The van der Waals surface area contributed by atoms with Gasteiger partial charge in [-0.3, -0.25) is 9.52 Å². The number of anilines is 1. The molecular formula is C17H20N2O4S. The average Bonchev–Trinajstić information content (AvgIpc) is 2.54. The predicted molar refractivity (Wildman–Crippen MR) is 93.8 cm³/mol. The molecule has 128 valence electrons. The molecule has 0 unspecified atom stereocenters. The van der Waals surface area contributed by atoms with Crippen molar-refractivity contribution in [2.45, 2.75) is 13.5 Å². The van der Waals surface area contributed by atoms with Gasteiger partial charge in [-0.15, -0.1) is 0 Å². The SMILES string of the molecule is COc1ccc(CNC(=O)c2cccc(NS(C)(=O)=O)c2C)cc1. The zero-order valence-electron chi connectivity index (χ0n) is 13.8. The van der Waals surface area contributed by atoms with Crippen LogP contribution in [0.25, 0.3) is 0 Å². The summed E-state index contributed by atoms with van der Waals surface area (Å²) < 4.78 is 30.2. The van der Waals surface area contributed by atoms with Crippen LogP contribution in [0.15, 0.2) is 42.5 Å². The van der Waals surface area contributed by atoms with Gasteiger partial charge in [-0.1, -0.05) is 18.2 Å². The topological polar surface area (TPSA) is 84.5 Å². The van der Waals surface area contributed by atoms with Gasteiger partial charge in [0.25, 0.3) is 5.91 Å². The van der Waals surface area contributed by atoms with Crippen molar-refractivity contribution < 1.29 is 17.9 Å². The van der Waals surface area contributed by atoms with Gasteiger partial charge in [-0.25, -0.2) is 8.42 Å². The van der Waals surface area contributed by atoms with E-state index in [1.807, 2.05) is 24.3 Å². The fraction of sp³-hybridized carbons (Fsp3) is 0.235. The monoisotopic (exact) mass is 348 g/mol. The van der Waals surface area contributed by atoms with Gasteiger partial charge in [0.2, 0.25) is 10.0 Å². The minimum atomic E-state index is -3.40. The van der Waals surface area contributed by atoms with Crippen molar-refractivity contribution in [1.29, 1.82) is 0 Å². The molecule has 0 radical (unpaired) electrons. The fourth-order valence-electron chi connectivity index (χ4n) is 2.21. The molecule has 0 fully saturated rings. The van der Waals surface area contributed by atoms with Crippen molar-refractivity contribution in [3.63, 3.8) is 0 Å². The lowest BCUT2D eigenvalue weighted by Crippen LogP contribution is -2.24. The lowest BCUT2D eigenvalue weighted by molar-refractivity contribution is 0.0950. The molecule has 2 aromatic carbocycles. The second-order valence-electron chi connectivity index (χ2n) is 5.38. The molecule has 0 saturated heterocycles. The van der Waals surface area contributed by atoms with Gasteiger partial charge in [-0.2, -0.15) is 0 Å². The van der Waals surface area contributed by atoms with Gasteiger partial charge >= 0.3 is 0 Å². The van der Waals surface area contributed by atoms with E-state index in [0.29, 0.717) is 23.4 Å². The highest BCUT2D eigenvalue weighted by atomic mass is 32.2. The highest BCUT2D eigenvalue weighted by Gasteiger charge is 2.13. The van der Waals surface area contributed by atoms with Gasteiger partial charge in [-0.05, 0) is 42.3 Å². The van der Waals surface area contributed by atoms with Gasteiger partial charge in [0.15, 0.2) is 0 Å². The molecule has 24 heavy (non-hydrogen) atoms. The van der Waals surface area contributed by atoms with Gasteiger partial charge in [0.1, 0.15) is 5.75 Å². The maximum absolute atomic E-state index is 12.4. The summed E-state index contributed by atoms with van der Waals surface area (Å²) in [7, 11) is -1.80. The molecule has 0 aliphatic rings. The Labute approximate surface area is 141 Å². The van der Waals surface area contributed by atoms with E-state index in [-0.39, 0.29) is 5.91 Å². The lowest BCUT2D eigenvalue weighted by atomic mass is 10.1. The fourth-order valence-corrected chi connectivity index (χ4v) is 2.83. The minimum absolute atomic E-state index is 0.263. The van der Waals surface area contributed by atoms with Crippen LogP contribution >= 0.6 is 0 Å². The Morgan fingerprint density at radius 3 is 2.38 bits per heavy atom. The smallest absolute Gasteiger partial charge is 0.251 e. The summed E-state index contributed by atoms with van der Waals surface area (Å²) in [5.41, 5.74) is 2.34. The van der Waals surface area contributed by atoms with E-state index >= 15 is 0 Å². The second-order valence-corrected chi connectivity index (χ2v) is 7.13. The lowest BCUT2D eigenvalue weighted by Gasteiger charge is -2.12. The van der Waals surface area contributed by atoms with Crippen LogP contribution in [0.2, 0.25) is 0 Å². The summed E-state index contributed by atoms with van der Waals surface area (Å²) in [5.74, 6) is 0.487. The van der Waals surface area contributed by atoms with Crippen LogP contribution in [-0.2, 0) is 16.6 Å². The summed E-state index contributed by atoms with van der Waals surface area (Å²) in [6.07, 6.45) is 1.07. The van der Waals surface area contributed by atoms with Crippen LogP contribution in [-0.4, -0.2) is 27.7 Å². The Morgan fingerprint density at radius 1 is 1.12 bits per heavy atom. The average molecular weight is 348 g/mol. The van der Waals surface area contributed by atoms with Crippen LogP contribution in [0.3, 0.4) is 0 Å². The van der Waals surface area contributed by atoms with E-state index in [1.165, 1.54) is 0 Å². The van der Waals surface area contributed by atoms with E-state index < -0.39 is 10.0 Å². The first-order valence-electron chi connectivity index (χ1n) is 7.28. The number of methoxy groups -OCH3 is 1. The molecule has 1 amide bonds. The molecule has 0 bridgehead atoms. The molecule has 0 saturated carbocycles. The number of sulfonamides is 1. The Kier molecular flexibility index (Phi) is 5.46. The standard InChI is InChI=1S/C17H20N2O4S/c1-12-15(5-4-6-16(12)19-24(3,21)22)17(20)18-11-13-7-9-14(23-2)10-8-13/h4-10,19H,11H2,1-3H3,(H,18,20). The number of carbonyl (C=O) groups excluding carboxylic acids is 1. The van der Waals surface area contributed by atoms with E-state index in [2.05, 4.69) is 10.0 Å². The third-order valence-electron chi connectivity index (χ3n) is 3.49. The zero-order chi connectivity index (χ0) is 17.7. The summed E-state index contributed by atoms with van der Waals surface area (Å²) in [6.45, 7) is 2.07. The maximum atomic E-state index is 12.4. The second kappa shape index (κ2) is 7.35. The summed E-state index contributed by atoms with van der Waals surface area (Å²) in [4.78, 5) is 12.4. The molecule has 0 aliphatic heterocycles. The number of benzene rings is 2. The quantitative estimate of drug-likeness (QED) is 0.839. The van der Waals surface area contributed by atoms with Crippen LogP contribution in [0.4, 0.5) is 5.69 Å². The van der Waals surface area contributed by atoms with Crippen molar-refractivity contribution in [3.8, 4) is 5.75 Å². The zero-order valence-corrected chi connectivity index (χ0v) is 14.6. The Bertz CT molecular complexity index is 830. The van der Waals surface area contributed by atoms with Crippen LogP contribution in [0.1, 0.15) is 21.5 Å². The number of carbonyl (C=O) groups is 1. The van der Waals surface area contributed by atoms with Gasteiger partial charge in [0, 0.05) is 12.1 Å². The first-order chi connectivity index (χ1) is 11.3. The Hall–Kier alpha value is -2.54. The first-order valence-corrected chi connectivity index (χ1v) is 9.18. The van der Waals surface area contributed by atoms with Crippen LogP contribution in [0.5, 0.6) is 5.75 Å². The maximum Gasteiger partial charge on any atom is 0.251 e. The molecular weight excluding hydrogens is 328 g/mol. The highest BCUT2D eigenvalue weighted by Crippen LogP contribution is 2.20. The van der Waals surface area contributed by atoms with Crippen molar-refractivity contribution in [3.05, 3.63) is 59.2 Å². The predicted octanol–water partition coefficient (Wildman–Crippen LogP) is 2.31. The normalized spacial score (nSPS) is 11.0. The number of nitrogens with one attached hydrogen (secondary N) is 2. The number of hydrogen-bond donors (Lipinski definition) is 2. The van der Waals surface area contributed by atoms with Crippen molar-refractivity contribution in [1.82, 2.24) is 5.32 Å². The molecule has 0 heterocycles. The van der Waals surface area contributed by atoms with E-state index in [9.17, 15) is 13.2 Å². The molecule has 0 spiro atoms. The first kappa shape index (κ1) is 17.8. The number of hydrogen-bond acceptors (Lipinski definition) is 4. The molecule has 0 atom stereocenters. The molecule has 0 aromatic heterocycles. The van der Waals surface area contributed by atoms with Crippen LogP contribution in [0, 0.1) is 6.92 Å². The highest BCUT2D eigenvalue weighted by molar-refractivity contribution is 7.92. The van der Waals surface area contributed by atoms with Gasteiger partial charge in [0.05, 0.1) is 19.1 Å². The summed E-state index contributed by atoms with van der Waals surface area (Å²) in [6, 6.07) is 12.3. The molecule has 0 aliphatic carbocycles. The van der Waals surface area contributed by atoms with E-state index in [1.54, 1.807) is 32.2 Å². The van der Waals surface area contributed by atoms with Crippen LogP contribution < -0.4 is 14.8 Å². The molecule has 2 N–H and O–H groups in total. The van der Waals surface area contributed by atoms with Crippen molar-refractivity contribution in [2.75, 3.05) is 18.1 Å². The molecule has 7 heteroatoms. The van der Waals surface area contributed by atoms with Gasteiger partial charge < -0.3 is 10.1 Å². The number of ether oxygens (including phenoxy) is 1. The largest absolute Gasteiger partial charge is 0.497 e. The minimum Gasteiger partial charge on any atom is -0.497 e. The summed E-state index contributed by atoms with van der Waals surface area (Å²) in [5, 5.41) is 2.83. The molecule has 2 rings (SSSR count). The van der Waals surface area contributed by atoms with E-state index in [0.717, 1.165) is 17.6 Å². The number of rotatable bonds is 6.